The molecule has 0 saturated heterocycles. The zero-order valence-corrected chi connectivity index (χ0v) is 19.2. The number of aromatic nitrogens is 1. The Labute approximate surface area is 203 Å². The molecule has 11 heteroatoms. The van der Waals surface area contributed by atoms with Gasteiger partial charge in [-0.2, -0.15) is 13.2 Å². The minimum Gasteiger partial charge on any atom is -0.457 e. The number of aryl methyl sites for hydroxylation is 1. The molecular weight excluding hydrogens is 485 g/mol. The van der Waals surface area contributed by atoms with Crippen LogP contribution < -0.4 is 20.3 Å². The summed E-state index contributed by atoms with van der Waals surface area (Å²) in [5.41, 5.74) is 0.655. The van der Waals surface area contributed by atoms with Crippen LogP contribution in [0.4, 0.5) is 29.3 Å². The van der Waals surface area contributed by atoms with Gasteiger partial charge in [-0.1, -0.05) is 11.6 Å². The third-order valence-electron chi connectivity index (χ3n) is 5.36. The van der Waals surface area contributed by atoms with E-state index >= 15 is 0 Å². The molecule has 0 unspecified atom stereocenters. The first-order chi connectivity index (χ1) is 16.7. The highest BCUT2D eigenvalue weighted by Crippen LogP contribution is 2.37. The summed E-state index contributed by atoms with van der Waals surface area (Å²) in [5, 5.41) is 4.58. The number of hydrogen-bond acceptors (Lipinski definition) is 4. The monoisotopic (exact) mass is 504 g/mol. The van der Waals surface area contributed by atoms with Gasteiger partial charge in [0.1, 0.15) is 17.2 Å². The lowest BCUT2D eigenvalue weighted by molar-refractivity contribution is -0.137. The molecule has 3 amide bonds. The first-order valence-electron chi connectivity index (χ1n) is 10.6. The summed E-state index contributed by atoms with van der Waals surface area (Å²) in [4.78, 5) is 30.2. The van der Waals surface area contributed by atoms with Crippen LogP contribution in [-0.2, 0) is 12.6 Å². The van der Waals surface area contributed by atoms with E-state index in [0.717, 1.165) is 17.7 Å². The fraction of sp³-hybridized carbons (Fsp3) is 0.208. The van der Waals surface area contributed by atoms with Crippen molar-refractivity contribution < 1.29 is 27.5 Å². The second kappa shape index (κ2) is 9.83. The van der Waals surface area contributed by atoms with Gasteiger partial charge in [-0.25, -0.2) is 4.79 Å². The molecule has 0 bridgehead atoms. The minimum absolute atomic E-state index is 0.0107. The fourth-order valence-corrected chi connectivity index (χ4v) is 3.95. The Hall–Kier alpha value is -3.79. The van der Waals surface area contributed by atoms with E-state index in [1.165, 1.54) is 30.3 Å². The summed E-state index contributed by atoms with van der Waals surface area (Å²) >= 11 is 5.66. The van der Waals surface area contributed by atoms with Gasteiger partial charge in [-0.15, -0.1) is 0 Å². The lowest BCUT2D eigenvalue weighted by Crippen LogP contribution is -2.38. The van der Waals surface area contributed by atoms with Crippen LogP contribution in [0.5, 0.6) is 11.5 Å². The number of ether oxygens (including phenoxy) is 1. The van der Waals surface area contributed by atoms with Crippen molar-refractivity contribution in [3.8, 4) is 11.5 Å². The quantitative estimate of drug-likeness (QED) is 0.464. The van der Waals surface area contributed by atoms with Crippen LogP contribution in [0.3, 0.4) is 0 Å². The molecule has 1 aromatic heterocycles. The van der Waals surface area contributed by atoms with Gasteiger partial charge in [0.2, 0.25) is 0 Å². The van der Waals surface area contributed by atoms with Crippen molar-refractivity contribution in [2.45, 2.75) is 19.0 Å². The summed E-state index contributed by atoms with van der Waals surface area (Å²) in [5.74, 6) is 0.588. The molecule has 4 rings (SSSR count). The van der Waals surface area contributed by atoms with E-state index in [2.05, 4.69) is 15.6 Å². The van der Waals surface area contributed by atoms with Gasteiger partial charge in [0.05, 0.1) is 10.6 Å². The number of pyridine rings is 1. The van der Waals surface area contributed by atoms with Crippen molar-refractivity contribution in [1.29, 1.82) is 0 Å². The molecule has 0 saturated carbocycles. The predicted molar refractivity (Wildman–Crippen MR) is 125 cm³/mol. The lowest BCUT2D eigenvalue weighted by atomic mass is 10.0. The zero-order valence-electron chi connectivity index (χ0n) is 18.4. The number of fused-ring (bicyclic) bond motifs is 1. The molecule has 2 aromatic carbocycles. The average molecular weight is 505 g/mol. The molecule has 1 aliphatic heterocycles. The van der Waals surface area contributed by atoms with Crippen molar-refractivity contribution in [1.82, 2.24) is 10.3 Å². The topological polar surface area (TPSA) is 83.6 Å². The van der Waals surface area contributed by atoms with Crippen molar-refractivity contribution in [2.24, 2.45) is 0 Å². The van der Waals surface area contributed by atoms with E-state index in [4.69, 9.17) is 16.3 Å². The highest BCUT2D eigenvalue weighted by Gasteiger charge is 2.33. The van der Waals surface area contributed by atoms with Crippen LogP contribution in [0.1, 0.15) is 28.0 Å². The minimum atomic E-state index is -4.64. The summed E-state index contributed by atoms with van der Waals surface area (Å²) in [6.07, 6.45) is -1.82. The van der Waals surface area contributed by atoms with Crippen LogP contribution in [-0.4, -0.2) is 30.5 Å². The molecule has 2 N–H and O–H groups in total. The van der Waals surface area contributed by atoms with Gasteiger partial charge in [0, 0.05) is 37.2 Å². The average Bonchev–Trinajstić information content (AvgIpc) is 2.83. The van der Waals surface area contributed by atoms with Gasteiger partial charge in [-0.05, 0) is 60.9 Å². The normalized spacial score (nSPS) is 13.1. The Bertz CT molecular complexity index is 1280. The number of urea groups is 1. The molecule has 35 heavy (non-hydrogen) atoms. The van der Waals surface area contributed by atoms with Crippen LogP contribution in [0.25, 0.3) is 0 Å². The Kier molecular flexibility index (Phi) is 6.83. The molecule has 2 heterocycles. The van der Waals surface area contributed by atoms with Gasteiger partial charge in [0.25, 0.3) is 5.91 Å². The number of halogens is 4. The largest absolute Gasteiger partial charge is 0.457 e. The maximum atomic E-state index is 13.1. The maximum Gasteiger partial charge on any atom is 0.417 e. The summed E-state index contributed by atoms with van der Waals surface area (Å²) in [7, 11) is 1.51. The smallest absolute Gasteiger partial charge is 0.417 e. The molecule has 7 nitrogen and oxygen atoms in total. The van der Waals surface area contributed by atoms with E-state index in [9.17, 15) is 22.8 Å². The SMILES string of the molecule is CNC(=O)c1cc(Oc2ccc3c(c2)CCCN3C(=O)Nc2ccc(Cl)c(C(F)(F)F)c2)ccn1. The maximum absolute atomic E-state index is 13.1. The van der Waals surface area contributed by atoms with E-state index in [1.807, 2.05) is 0 Å². The number of nitrogens with one attached hydrogen (secondary N) is 2. The number of amides is 3. The van der Waals surface area contributed by atoms with Crippen molar-refractivity contribution in [3.05, 3.63) is 76.6 Å². The van der Waals surface area contributed by atoms with Crippen molar-refractivity contribution in [2.75, 3.05) is 23.8 Å². The molecule has 0 radical (unpaired) electrons. The van der Waals surface area contributed by atoms with Crippen molar-refractivity contribution in [3.63, 3.8) is 0 Å². The fourth-order valence-electron chi connectivity index (χ4n) is 3.72. The Morgan fingerprint density at radius 2 is 1.86 bits per heavy atom. The third-order valence-corrected chi connectivity index (χ3v) is 5.69. The molecule has 1 aliphatic rings. The number of carbonyl (C=O) groups is 2. The van der Waals surface area contributed by atoms with Crippen LogP contribution in [0.2, 0.25) is 5.02 Å². The molecule has 3 aromatic rings. The molecule has 0 fully saturated rings. The van der Waals surface area contributed by atoms with E-state index < -0.39 is 22.8 Å². The Morgan fingerprint density at radius 3 is 2.60 bits per heavy atom. The van der Waals surface area contributed by atoms with Crippen LogP contribution in [0.15, 0.2) is 54.7 Å². The predicted octanol–water partition coefficient (Wildman–Crippen LogP) is 5.89. The first-order valence-corrected chi connectivity index (χ1v) is 11.0. The van der Waals surface area contributed by atoms with E-state index in [0.29, 0.717) is 36.6 Å². The highest BCUT2D eigenvalue weighted by atomic mass is 35.5. The third kappa shape index (κ3) is 5.48. The van der Waals surface area contributed by atoms with E-state index in [1.54, 1.807) is 24.3 Å². The molecule has 0 atom stereocenters. The highest BCUT2D eigenvalue weighted by molar-refractivity contribution is 6.31. The first kappa shape index (κ1) is 24.3. The standard InChI is InChI=1S/C24H20ClF3N4O3/c1-29-22(33)20-13-17(8-9-30-20)35-16-5-7-21-14(11-16)3-2-10-32(21)23(34)31-15-4-6-19(25)18(12-15)24(26,27)28/h4-9,11-13H,2-3,10H2,1H3,(H,29,33)(H,31,34). The molecule has 0 aliphatic carbocycles. The van der Waals surface area contributed by atoms with E-state index in [-0.39, 0.29) is 17.3 Å². The van der Waals surface area contributed by atoms with Gasteiger partial charge >= 0.3 is 12.2 Å². The van der Waals surface area contributed by atoms with Gasteiger partial charge in [-0.3, -0.25) is 14.7 Å². The second-order valence-corrected chi connectivity index (χ2v) is 8.13. The zero-order chi connectivity index (χ0) is 25.2. The van der Waals surface area contributed by atoms with Crippen LogP contribution in [0, 0.1) is 0 Å². The molecule has 0 spiro atoms. The summed E-state index contributed by atoms with van der Waals surface area (Å²) < 4.78 is 45.3. The number of rotatable bonds is 4. The number of carbonyl (C=O) groups excluding carboxylic acids is 2. The molecular formula is C24H20ClF3N4O3. The van der Waals surface area contributed by atoms with Gasteiger partial charge < -0.3 is 15.4 Å². The van der Waals surface area contributed by atoms with Crippen molar-refractivity contribution >= 4 is 34.9 Å². The summed E-state index contributed by atoms with van der Waals surface area (Å²) in [6, 6.07) is 11.0. The van der Waals surface area contributed by atoms with Crippen LogP contribution >= 0.6 is 11.6 Å². The number of alkyl halides is 3. The number of nitrogens with zero attached hydrogens (tertiary/aromatic N) is 2. The lowest BCUT2D eigenvalue weighted by Gasteiger charge is -2.30. The summed E-state index contributed by atoms with van der Waals surface area (Å²) in [6.45, 7) is 0.401. The van der Waals surface area contributed by atoms with Gasteiger partial charge in [0.15, 0.2) is 0 Å². The number of benzene rings is 2. The Balaban J connectivity index is 1.52. The Morgan fingerprint density at radius 1 is 1.09 bits per heavy atom. The second-order valence-electron chi connectivity index (χ2n) is 7.73. The molecule has 182 valence electrons. The number of anilines is 2. The number of hydrogen-bond donors (Lipinski definition) is 2.